The fourth-order valence-corrected chi connectivity index (χ4v) is 2.26. The number of anilines is 3. The van der Waals surface area contributed by atoms with E-state index < -0.39 is 5.91 Å². The zero-order valence-corrected chi connectivity index (χ0v) is 14.5. The van der Waals surface area contributed by atoms with E-state index in [2.05, 4.69) is 16.0 Å². The van der Waals surface area contributed by atoms with Crippen molar-refractivity contribution < 1.29 is 14.4 Å². The predicted molar refractivity (Wildman–Crippen MR) is 102 cm³/mol. The monoisotopic (exact) mass is 354 g/mol. The van der Waals surface area contributed by atoms with E-state index >= 15 is 0 Å². The van der Waals surface area contributed by atoms with Crippen molar-refractivity contribution in [1.29, 1.82) is 0 Å². The molecule has 0 heterocycles. The number of carbonyl (C=O) groups is 3. The van der Waals surface area contributed by atoms with Crippen molar-refractivity contribution in [3.05, 3.63) is 54.1 Å². The quantitative estimate of drug-likeness (QED) is 0.583. The fourth-order valence-electron chi connectivity index (χ4n) is 2.26. The number of nitrogens with one attached hydrogen (secondary N) is 3. The van der Waals surface area contributed by atoms with Crippen LogP contribution in [0.15, 0.2) is 48.5 Å². The van der Waals surface area contributed by atoms with E-state index in [0.717, 1.165) is 6.42 Å². The van der Waals surface area contributed by atoms with Gasteiger partial charge in [-0.2, -0.15) is 0 Å². The van der Waals surface area contributed by atoms with Gasteiger partial charge in [0.05, 0.1) is 6.54 Å². The summed E-state index contributed by atoms with van der Waals surface area (Å²) in [5.41, 5.74) is 7.53. The van der Waals surface area contributed by atoms with E-state index in [1.165, 1.54) is 0 Å². The zero-order chi connectivity index (χ0) is 18.9. The first kappa shape index (κ1) is 19.0. The molecule has 0 aromatic heterocycles. The van der Waals surface area contributed by atoms with Gasteiger partial charge in [-0.05, 0) is 48.9 Å². The van der Waals surface area contributed by atoms with E-state index in [1.54, 1.807) is 48.5 Å². The highest BCUT2D eigenvalue weighted by Gasteiger charge is 2.05. The number of nitrogens with two attached hydrogens (primary N) is 1. The average molecular weight is 354 g/mol. The maximum atomic E-state index is 12.0. The van der Waals surface area contributed by atoms with Crippen LogP contribution in [0.4, 0.5) is 17.1 Å². The Morgan fingerprint density at radius 2 is 1.50 bits per heavy atom. The first-order valence-corrected chi connectivity index (χ1v) is 8.31. The van der Waals surface area contributed by atoms with Crippen molar-refractivity contribution in [3.63, 3.8) is 0 Å². The maximum Gasteiger partial charge on any atom is 0.248 e. The Morgan fingerprint density at radius 3 is 2.08 bits per heavy atom. The summed E-state index contributed by atoms with van der Waals surface area (Å²) < 4.78 is 0. The lowest BCUT2D eigenvalue weighted by Gasteiger charge is -2.09. The second-order valence-electron chi connectivity index (χ2n) is 5.72. The Bertz CT molecular complexity index is 788. The van der Waals surface area contributed by atoms with Crippen LogP contribution in [0.25, 0.3) is 0 Å². The van der Waals surface area contributed by atoms with Crippen LogP contribution in [0.5, 0.6) is 0 Å². The second-order valence-corrected chi connectivity index (χ2v) is 5.72. The summed E-state index contributed by atoms with van der Waals surface area (Å²) in [5.74, 6) is -0.798. The van der Waals surface area contributed by atoms with Crippen LogP contribution < -0.4 is 21.7 Å². The zero-order valence-electron chi connectivity index (χ0n) is 14.5. The lowest BCUT2D eigenvalue weighted by atomic mass is 10.2. The largest absolute Gasteiger partial charge is 0.376 e. The molecule has 2 aromatic carbocycles. The van der Waals surface area contributed by atoms with E-state index in [0.29, 0.717) is 29.0 Å². The van der Waals surface area contributed by atoms with Crippen LogP contribution in [0.3, 0.4) is 0 Å². The third-order valence-corrected chi connectivity index (χ3v) is 3.53. The number of hydrogen-bond acceptors (Lipinski definition) is 4. The van der Waals surface area contributed by atoms with Gasteiger partial charge in [0.25, 0.3) is 0 Å². The number of hydrogen-bond donors (Lipinski definition) is 4. The van der Waals surface area contributed by atoms with Crippen molar-refractivity contribution >= 4 is 34.8 Å². The molecule has 0 aliphatic carbocycles. The van der Waals surface area contributed by atoms with Crippen molar-refractivity contribution in [2.24, 2.45) is 5.73 Å². The van der Waals surface area contributed by atoms with E-state index in [1.807, 2.05) is 6.92 Å². The van der Waals surface area contributed by atoms with Crippen molar-refractivity contribution in [2.75, 3.05) is 22.5 Å². The SMILES string of the molecule is CCCC(=O)Nc1ccc(NC(=O)CNc2cccc(C(N)=O)c2)cc1. The van der Waals surface area contributed by atoms with Gasteiger partial charge >= 0.3 is 0 Å². The Balaban J connectivity index is 1.85. The fraction of sp³-hybridized carbons (Fsp3) is 0.211. The Morgan fingerprint density at radius 1 is 0.885 bits per heavy atom. The third-order valence-electron chi connectivity index (χ3n) is 3.53. The third kappa shape index (κ3) is 5.94. The predicted octanol–water partition coefficient (Wildman–Crippen LogP) is 2.57. The summed E-state index contributed by atoms with van der Waals surface area (Å²) >= 11 is 0. The van der Waals surface area contributed by atoms with Gasteiger partial charge in [0, 0.05) is 29.0 Å². The van der Waals surface area contributed by atoms with E-state index in [9.17, 15) is 14.4 Å². The molecule has 2 aromatic rings. The molecule has 3 amide bonds. The number of amides is 3. The van der Waals surface area contributed by atoms with Gasteiger partial charge in [0.15, 0.2) is 0 Å². The molecule has 0 spiro atoms. The normalized spacial score (nSPS) is 10.0. The van der Waals surface area contributed by atoms with Crippen molar-refractivity contribution in [3.8, 4) is 0 Å². The van der Waals surface area contributed by atoms with Crippen LogP contribution in [0, 0.1) is 0 Å². The number of rotatable bonds is 8. The molecular weight excluding hydrogens is 332 g/mol. The standard InChI is InChI=1S/C19H22N4O3/c1-2-4-17(24)22-14-7-9-15(10-8-14)23-18(25)12-21-16-6-3-5-13(11-16)19(20)26/h3,5-11,21H,2,4,12H2,1H3,(H2,20,26)(H,22,24)(H,23,25). The molecule has 2 rings (SSSR count). The summed E-state index contributed by atoms with van der Waals surface area (Å²) in [6.45, 7) is 1.98. The van der Waals surface area contributed by atoms with Crippen LogP contribution in [-0.2, 0) is 9.59 Å². The minimum Gasteiger partial charge on any atom is -0.376 e. The first-order chi connectivity index (χ1) is 12.5. The number of primary amides is 1. The smallest absolute Gasteiger partial charge is 0.248 e. The molecule has 0 fully saturated rings. The summed E-state index contributed by atoms with van der Waals surface area (Å²) in [5, 5.41) is 8.47. The summed E-state index contributed by atoms with van der Waals surface area (Å²) in [6, 6.07) is 13.5. The topological polar surface area (TPSA) is 113 Å². The Kier molecular flexibility index (Phi) is 6.73. The van der Waals surface area contributed by atoms with E-state index in [-0.39, 0.29) is 18.4 Å². The van der Waals surface area contributed by atoms with Gasteiger partial charge in [-0.25, -0.2) is 0 Å². The molecule has 0 unspecified atom stereocenters. The van der Waals surface area contributed by atoms with Gasteiger partial charge in [0.1, 0.15) is 0 Å². The summed E-state index contributed by atoms with van der Waals surface area (Å²) in [7, 11) is 0. The summed E-state index contributed by atoms with van der Waals surface area (Å²) in [6.07, 6.45) is 1.26. The lowest BCUT2D eigenvalue weighted by Crippen LogP contribution is -2.22. The van der Waals surface area contributed by atoms with Gasteiger partial charge < -0.3 is 21.7 Å². The molecule has 0 radical (unpaired) electrons. The van der Waals surface area contributed by atoms with E-state index in [4.69, 9.17) is 5.73 Å². The molecule has 136 valence electrons. The van der Waals surface area contributed by atoms with Crippen LogP contribution in [-0.4, -0.2) is 24.3 Å². The minimum atomic E-state index is -0.524. The molecule has 7 nitrogen and oxygen atoms in total. The van der Waals surface area contributed by atoms with Crippen LogP contribution in [0.2, 0.25) is 0 Å². The maximum absolute atomic E-state index is 12.0. The van der Waals surface area contributed by atoms with Crippen molar-refractivity contribution in [2.45, 2.75) is 19.8 Å². The molecule has 0 aliphatic heterocycles. The molecule has 26 heavy (non-hydrogen) atoms. The molecule has 0 atom stereocenters. The lowest BCUT2D eigenvalue weighted by molar-refractivity contribution is -0.116. The van der Waals surface area contributed by atoms with Gasteiger partial charge in [-0.15, -0.1) is 0 Å². The molecule has 0 saturated heterocycles. The highest BCUT2D eigenvalue weighted by Crippen LogP contribution is 2.14. The average Bonchev–Trinajstić information content (AvgIpc) is 2.62. The minimum absolute atomic E-state index is 0.0355. The molecule has 0 aliphatic rings. The van der Waals surface area contributed by atoms with Gasteiger partial charge in [-0.1, -0.05) is 13.0 Å². The highest BCUT2D eigenvalue weighted by molar-refractivity contribution is 5.96. The van der Waals surface area contributed by atoms with Crippen molar-refractivity contribution in [1.82, 2.24) is 0 Å². The van der Waals surface area contributed by atoms with Crippen LogP contribution in [0.1, 0.15) is 30.1 Å². The van der Waals surface area contributed by atoms with Gasteiger partial charge in [-0.3, -0.25) is 14.4 Å². The molecule has 0 saturated carbocycles. The Labute approximate surface area is 152 Å². The molecule has 7 heteroatoms. The van der Waals surface area contributed by atoms with Crippen LogP contribution >= 0.6 is 0 Å². The molecular formula is C19H22N4O3. The number of carbonyl (C=O) groups excluding carboxylic acids is 3. The Hall–Kier alpha value is -3.35. The molecule has 0 bridgehead atoms. The highest BCUT2D eigenvalue weighted by atomic mass is 16.2. The van der Waals surface area contributed by atoms with Gasteiger partial charge in [0.2, 0.25) is 17.7 Å². The second kappa shape index (κ2) is 9.22. The number of benzene rings is 2. The summed E-state index contributed by atoms with van der Waals surface area (Å²) in [4.78, 5) is 34.7. The molecule has 5 N–H and O–H groups in total. The first-order valence-electron chi connectivity index (χ1n) is 8.31.